The summed E-state index contributed by atoms with van der Waals surface area (Å²) in [6.45, 7) is 2.28. The predicted molar refractivity (Wildman–Crippen MR) is 74.5 cm³/mol. The number of nitrogens with zero attached hydrogens (tertiary/aromatic N) is 1. The number of carbonyl (C=O) groups excluding carboxylic acids is 1. The molecule has 116 valence electrons. The second kappa shape index (κ2) is 6.53. The van der Waals surface area contributed by atoms with Crippen molar-refractivity contribution in [3.8, 4) is 0 Å². The lowest BCUT2D eigenvalue weighted by Crippen LogP contribution is -2.43. The number of esters is 1. The maximum Gasteiger partial charge on any atom is 0.310 e. The van der Waals surface area contributed by atoms with Crippen molar-refractivity contribution in [1.29, 1.82) is 0 Å². The van der Waals surface area contributed by atoms with Gasteiger partial charge in [-0.25, -0.2) is 12.8 Å². The summed E-state index contributed by atoms with van der Waals surface area (Å²) in [5.41, 5.74) is 0. The third-order valence-corrected chi connectivity index (χ3v) is 5.36. The van der Waals surface area contributed by atoms with E-state index in [1.165, 1.54) is 18.2 Å². The summed E-state index contributed by atoms with van der Waals surface area (Å²) >= 11 is 0. The van der Waals surface area contributed by atoms with Crippen LogP contribution >= 0.6 is 0 Å². The fourth-order valence-corrected chi connectivity index (χ4v) is 4.00. The molecule has 0 radical (unpaired) electrons. The Morgan fingerprint density at radius 1 is 1.43 bits per heavy atom. The van der Waals surface area contributed by atoms with E-state index in [-0.39, 0.29) is 24.6 Å². The molecule has 0 aliphatic carbocycles. The molecule has 7 heteroatoms. The molecule has 1 aromatic rings. The molecule has 1 saturated heterocycles. The first-order valence-corrected chi connectivity index (χ1v) is 8.32. The Morgan fingerprint density at radius 3 is 2.81 bits per heavy atom. The molecule has 1 atom stereocenters. The number of rotatable bonds is 4. The third-order valence-electron chi connectivity index (χ3n) is 3.46. The summed E-state index contributed by atoms with van der Waals surface area (Å²) in [4.78, 5) is 11.4. The van der Waals surface area contributed by atoms with E-state index in [1.54, 1.807) is 6.92 Å². The lowest BCUT2D eigenvalue weighted by atomic mass is 10.0. The highest BCUT2D eigenvalue weighted by Gasteiger charge is 2.35. The molecule has 0 amide bonds. The zero-order chi connectivity index (χ0) is 15.5. The molecule has 1 aliphatic rings. The molecule has 0 saturated carbocycles. The van der Waals surface area contributed by atoms with Crippen molar-refractivity contribution in [1.82, 2.24) is 4.31 Å². The Morgan fingerprint density at radius 2 is 2.14 bits per heavy atom. The van der Waals surface area contributed by atoms with Crippen molar-refractivity contribution in [3.05, 3.63) is 30.1 Å². The van der Waals surface area contributed by atoms with E-state index in [1.807, 2.05) is 0 Å². The molecular weight excluding hydrogens is 297 g/mol. The van der Waals surface area contributed by atoms with Crippen LogP contribution in [0.4, 0.5) is 4.39 Å². The second-order valence-corrected chi connectivity index (χ2v) is 6.79. The van der Waals surface area contributed by atoms with Gasteiger partial charge in [-0.15, -0.1) is 0 Å². The smallest absolute Gasteiger partial charge is 0.310 e. The Labute approximate surface area is 123 Å². The van der Waals surface area contributed by atoms with Crippen molar-refractivity contribution in [3.63, 3.8) is 0 Å². The largest absolute Gasteiger partial charge is 0.466 e. The standard InChI is InChI=1S/C14H18FNO4S/c1-2-20-14(17)11-6-5-9-16(10-11)21(18,19)13-8-4-3-7-12(13)15/h3-4,7-8,11H,2,5-6,9-10H2,1H3. The summed E-state index contributed by atoms with van der Waals surface area (Å²) in [6, 6.07) is 5.26. The maximum absolute atomic E-state index is 13.7. The molecule has 0 spiro atoms. The minimum Gasteiger partial charge on any atom is -0.466 e. The normalized spacial score (nSPS) is 20.2. The summed E-state index contributed by atoms with van der Waals surface area (Å²) in [5.74, 6) is -1.66. The van der Waals surface area contributed by atoms with Gasteiger partial charge in [-0.1, -0.05) is 12.1 Å². The van der Waals surface area contributed by atoms with Crippen molar-refractivity contribution < 1.29 is 22.3 Å². The van der Waals surface area contributed by atoms with Gasteiger partial charge < -0.3 is 4.74 Å². The maximum atomic E-state index is 13.7. The number of ether oxygens (including phenoxy) is 1. The highest BCUT2D eigenvalue weighted by atomic mass is 32.2. The van der Waals surface area contributed by atoms with E-state index < -0.39 is 27.7 Å². The van der Waals surface area contributed by atoms with Crippen LogP contribution in [-0.2, 0) is 19.6 Å². The number of sulfonamides is 1. The van der Waals surface area contributed by atoms with Gasteiger partial charge in [0.15, 0.2) is 0 Å². The van der Waals surface area contributed by atoms with E-state index in [9.17, 15) is 17.6 Å². The molecule has 0 N–H and O–H groups in total. The van der Waals surface area contributed by atoms with E-state index >= 15 is 0 Å². The minimum atomic E-state index is -3.92. The molecule has 1 fully saturated rings. The Hall–Kier alpha value is -1.47. The van der Waals surface area contributed by atoms with Gasteiger partial charge in [0, 0.05) is 13.1 Å². The molecule has 1 unspecified atom stereocenters. The van der Waals surface area contributed by atoms with Gasteiger partial charge >= 0.3 is 5.97 Å². The second-order valence-electron chi connectivity index (χ2n) is 4.88. The van der Waals surface area contributed by atoms with Crippen LogP contribution in [0.15, 0.2) is 29.2 Å². The highest BCUT2D eigenvalue weighted by Crippen LogP contribution is 2.25. The van der Waals surface area contributed by atoms with Gasteiger partial charge in [0.2, 0.25) is 10.0 Å². The SMILES string of the molecule is CCOC(=O)C1CCCN(S(=O)(=O)c2ccccc2F)C1. The Balaban J connectivity index is 2.21. The zero-order valence-corrected chi connectivity index (χ0v) is 12.6. The van der Waals surface area contributed by atoms with E-state index in [2.05, 4.69) is 0 Å². The van der Waals surface area contributed by atoms with E-state index in [4.69, 9.17) is 4.74 Å². The quantitative estimate of drug-likeness (QED) is 0.795. The van der Waals surface area contributed by atoms with Gasteiger partial charge in [0.1, 0.15) is 10.7 Å². The number of benzene rings is 1. The van der Waals surface area contributed by atoms with E-state index in [0.29, 0.717) is 12.8 Å². The lowest BCUT2D eigenvalue weighted by molar-refractivity contribution is -0.149. The van der Waals surface area contributed by atoms with Crippen molar-refractivity contribution >= 4 is 16.0 Å². The summed E-state index contributed by atoms with van der Waals surface area (Å²) in [7, 11) is -3.92. The van der Waals surface area contributed by atoms with Crippen molar-refractivity contribution in [2.75, 3.05) is 19.7 Å². The summed E-state index contributed by atoms with van der Waals surface area (Å²) in [6.07, 6.45) is 1.14. The molecule has 1 aliphatic heterocycles. The third kappa shape index (κ3) is 3.41. The molecule has 2 rings (SSSR count). The molecule has 0 bridgehead atoms. The number of halogens is 1. The van der Waals surface area contributed by atoms with Gasteiger partial charge in [0.05, 0.1) is 12.5 Å². The average Bonchev–Trinajstić information content (AvgIpc) is 2.48. The number of hydrogen-bond donors (Lipinski definition) is 0. The van der Waals surface area contributed by atoms with Crippen LogP contribution in [0.5, 0.6) is 0 Å². The first kappa shape index (κ1) is 15.9. The Bertz CT molecular complexity index is 617. The van der Waals surface area contributed by atoms with Crippen molar-refractivity contribution in [2.24, 2.45) is 5.92 Å². The van der Waals surface area contributed by atoms with Gasteiger partial charge in [0.25, 0.3) is 0 Å². The zero-order valence-electron chi connectivity index (χ0n) is 11.8. The minimum absolute atomic E-state index is 0.0372. The highest BCUT2D eigenvalue weighted by molar-refractivity contribution is 7.89. The number of carbonyl (C=O) groups is 1. The molecule has 1 heterocycles. The van der Waals surface area contributed by atoms with Crippen LogP contribution in [0.2, 0.25) is 0 Å². The van der Waals surface area contributed by atoms with Crippen LogP contribution in [-0.4, -0.2) is 38.4 Å². The monoisotopic (exact) mass is 315 g/mol. The number of hydrogen-bond acceptors (Lipinski definition) is 4. The predicted octanol–water partition coefficient (Wildman–Crippen LogP) is 1.79. The van der Waals surface area contributed by atoms with Gasteiger partial charge in [-0.3, -0.25) is 4.79 Å². The lowest BCUT2D eigenvalue weighted by Gasteiger charge is -2.30. The molecular formula is C14H18FNO4S. The summed E-state index contributed by atoms with van der Waals surface area (Å²) < 4.78 is 44.8. The van der Waals surface area contributed by atoms with Crippen LogP contribution in [0.3, 0.4) is 0 Å². The van der Waals surface area contributed by atoms with Crippen LogP contribution in [0.25, 0.3) is 0 Å². The van der Waals surface area contributed by atoms with Crippen molar-refractivity contribution in [2.45, 2.75) is 24.7 Å². The first-order chi connectivity index (χ1) is 9.96. The topological polar surface area (TPSA) is 63.7 Å². The molecule has 1 aromatic carbocycles. The molecule has 0 aromatic heterocycles. The Kier molecular flexibility index (Phi) is 4.95. The first-order valence-electron chi connectivity index (χ1n) is 6.88. The van der Waals surface area contributed by atoms with Gasteiger partial charge in [-0.2, -0.15) is 4.31 Å². The van der Waals surface area contributed by atoms with Crippen LogP contribution in [0.1, 0.15) is 19.8 Å². The average molecular weight is 315 g/mol. The van der Waals surface area contributed by atoms with E-state index in [0.717, 1.165) is 10.4 Å². The molecule has 5 nitrogen and oxygen atoms in total. The van der Waals surface area contributed by atoms with Crippen LogP contribution < -0.4 is 0 Å². The summed E-state index contributed by atoms with van der Waals surface area (Å²) in [5, 5.41) is 0. The van der Waals surface area contributed by atoms with Crippen LogP contribution in [0, 0.1) is 11.7 Å². The molecule has 21 heavy (non-hydrogen) atoms. The number of piperidine rings is 1. The fourth-order valence-electron chi connectivity index (χ4n) is 2.41. The van der Waals surface area contributed by atoms with Gasteiger partial charge in [-0.05, 0) is 31.9 Å². The fraction of sp³-hybridized carbons (Fsp3) is 0.500.